The lowest BCUT2D eigenvalue weighted by molar-refractivity contribution is 0.0698. The smallest absolute Gasteiger partial charge is 0.254 e. The number of amides is 1. The number of halogens is 1. The normalized spacial score (nSPS) is 19.5. The van der Waals surface area contributed by atoms with Crippen LogP contribution in [0.5, 0.6) is 0 Å². The van der Waals surface area contributed by atoms with Gasteiger partial charge < -0.3 is 4.90 Å². The standard InChI is InChI=1S/C17H23ClN2O/c1-12-9-14(10-16(18)19-12)17(21)20(15-7-8-15)11-13-5-3-2-4-6-13/h9-10,13,15H,2-8,11H2,1H3. The number of hydrogen-bond donors (Lipinski definition) is 0. The molecule has 1 heterocycles. The summed E-state index contributed by atoms with van der Waals surface area (Å²) in [5.41, 5.74) is 1.49. The van der Waals surface area contributed by atoms with Crippen LogP contribution in [-0.2, 0) is 0 Å². The summed E-state index contributed by atoms with van der Waals surface area (Å²) in [4.78, 5) is 19.1. The number of carbonyl (C=O) groups is 1. The summed E-state index contributed by atoms with van der Waals surface area (Å²) in [7, 11) is 0. The van der Waals surface area contributed by atoms with Crippen LogP contribution < -0.4 is 0 Å². The molecule has 2 saturated carbocycles. The van der Waals surface area contributed by atoms with Crippen molar-refractivity contribution in [3.8, 4) is 0 Å². The number of carbonyl (C=O) groups excluding carboxylic acids is 1. The summed E-state index contributed by atoms with van der Waals surface area (Å²) in [6.07, 6.45) is 8.83. The Kier molecular flexibility index (Phi) is 4.48. The molecule has 0 spiro atoms. The highest BCUT2D eigenvalue weighted by molar-refractivity contribution is 6.29. The van der Waals surface area contributed by atoms with E-state index in [1.165, 1.54) is 32.1 Å². The van der Waals surface area contributed by atoms with Crippen LogP contribution in [0.25, 0.3) is 0 Å². The van der Waals surface area contributed by atoms with Gasteiger partial charge in [-0.2, -0.15) is 0 Å². The zero-order valence-electron chi connectivity index (χ0n) is 12.6. The van der Waals surface area contributed by atoms with E-state index in [0.29, 0.717) is 22.7 Å². The molecule has 1 aromatic heterocycles. The summed E-state index contributed by atoms with van der Waals surface area (Å²) < 4.78 is 0. The molecule has 2 aliphatic carbocycles. The predicted molar refractivity (Wildman–Crippen MR) is 84.6 cm³/mol. The molecule has 2 aliphatic rings. The lowest BCUT2D eigenvalue weighted by Crippen LogP contribution is -2.37. The van der Waals surface area contributed by atoms with Gasteiger partial charge in [-0.25, -0.2) is 4.98 Å². The van der Waals surface area contributed by atoms with E-state index in [4.69, 9.17) is 11.6 Å². The molecular formula is C17H23ClN2O. The highest BCUT2D eigenvalue weighted by Crippen LogP contribution is 2.32. The summed E-state index contributed by atoms with van der Waals surface area (Å²) in [6, 6.07) is 4.00. The number of aromatic nitrogens is 1. The first-order valence-corrected chi connectivity index (χ1v) is 8.46. The van der Waals surface area contributed by atoms with E-state index in [1.807, 2.05) is 13.0 Å². The molecule has 0 saturated heterocycles. The summed E-state index contributed by atoms with van der Waals surface area (Å²) in [6.45, 7) is 2.80. The molecule has 4 heteroatoms. The molecule has 0 unspecified atom stereocenters. The fourth-order valence-electron chi connectivity index (χ4n) is 3.35. The average molecular weight is 307 g/mol. The first-order chi connectivity index (χ1) is 10.1. The lowest BCUT2D eigenvalue weighted by Gasteiger charge is -2.30. The maximum Gasteiger partial charge on any atom is 0.254 e. The van der Waals surface area contributed by atoms with Crippen LogP contribution in [0, 0.1) is 12.8 Å². The number of pyridine rings is 1. The van der Waals surface area contributed by atoms with Crippen molar-refractivity contribution in [1.82, 2.24) is 9.88 Å². The zero-order chi connectivity index (χ0) is 14.8. The summed E-state index contributed by atoms with van der Waals surface area (Å²) in [5, 5.41) is 0.409. The number of hydrogen-bond acceptors (Lipinski definition) is 2. The van der Waals surface area contributed by atoms with E-state index in [0.717, 1.165) is 25.1 Å². The Labute approximate surface area is 131 Å². The van der Waals surface area contributed by atoms with Crippen LogP contribution in [-0.4, -0.2) is 28.4 Å². The van der Waals surface area contributed by atoms with Crippen LogP contribution in [0.15, 0.2) is 12.1 Å². The van der Waals surface area contributed by atoms with Gasteiger partial charge in [-0.3, -0.25) is 4.79 Å². The van der Waals surface area contributed by atoms with Gasteiger partial charge in [-0.05, 0) is 50.7 Å². The zero-order valence-corrected chi connectivity index (χ0v) is 13.4. The van der Waals surface area contributed by atoms with E-state index in [2.05, 4.69) is 9.88 Å². The van der Waals surface area contributed by atoms with Crippen molar-refractivity contribution in [1.29, 1.82) is 0 Å². The van der Waals surface area contributed by atoms with Crippen molar-refractivity contribution < 1.29 is 4.79 Å². The molecule has 0 N–H and O–H groups in total. The number of rotatable bonds is 4. The van der Waals surface area contributed by atoms with Crippen molar-refractivity contribution in [2.45, 2.75) is 57.9 Å². The number of aryl methyl sites for hydroxylation is 1. The van der Waals surface area contributed by atoms with Gasteiger partial charge in [-0.15, -0.1) is 0 Å². The Morgan fingerprint density at radius 1 is 1.24 bits per heavy atom. The molecule has 1 aromatic rings. The lowest BCUT2D eigenvalue weighted by atomic mass is 9.89. The van der Waals surface area contributed by atoms with E-state index >= 15 is 0 Å². The third kappa shape index (κ3) is 3.76. The fourth-order valence-corrected chi connectivity index (χ4v) is 3.60. The van der Waals surface area contributed by atoms with Gasteiger partial charge in [0, 0.05) is 23.8 Å². The van der Waals surface area contributed by atoms with Gasteiger partial charge in [0.1, 0.15) is 5.15 Å². The Morgan fingerprint density at radius 3 is 2.57 bits per heavy atom. The molecule has 0 radical (unpaired) electrons. The van der Waals surface area contributed by atoms with Gasteiger partial charge >= 0.3 is 0 Å². The maximum absolute atomic E-state index is 12.8. The third-order valence-electron chi connectivity index (χ3n) is 4.60. The molecular weight excluding hydrogens is 284 g/mol. The van der Waals surface area contributed by atoms with Crippen LogP contribution in [0.4, 0.5) is 0 Å². The third-order valence-corrected chi connectivity index (χ3v) is 4.79. The van der Waals surface area contributed by atoms with Gasteiger partial charge in [0.15, 0.2) is 0 Å². The van der Waals surface area contributed by atoms with E-state index in [-0.39, 0.29) is 5.91 Å². The first-order valence-electron chi connectivity index (χ1n) is 8.08. The largest absolute Gasteiger partial charge is 0.335 e. The molecule has 0 aliphatic heterocycles. The van der Waals surface area contributed by atoms with Gasteiger partial charge in [-0.1, -0.05) is 30.9 Å². The quantitative estimate of drug-likeness (QED) is 0.780. The minimum Gasteiger partial charge on any atom is -0.335 e. The van der Waals surface area contributed by atoms with Crippen LogP contribution in [0.3, 0.4) is 0 Å². The Morgan fingerprint density at radius 2 is 1.95 bits per heavy atom. The Hall–Kier alpha value is -1.09. The van der Waals surface area contributed by atoms with Crippen molar-refractivity contribution in [2.24, 2.45) is 5.92 Å². The van der Waals surface area contributed by atoms with Crippen molar-refractivity contribution in [3.05, 3.63) is 28.5 Å². The minimum atomic E-state index is 0.135. The molecule has 2 fully saturated rings. The van der Waals surface area contributed by atoms with Crippen LogP contribution in [0.2, 0.25) is 5.15 Å². The monoisotopic (exact) mass is 306 g/mol. The first kappa shape index (κ1) is 14.8. The van der Waals surface area contributed by atoms with E-state index in [9.17, 15) is 4.79 Å². The highest BCUT2D eigenvalue weighted by atomic mass is 35.5. The minimum absolute atomic E-state index is 0.135. The summed E-state index contributed by atoms with van der Waals surface area (Å²) in [5.74, 6) is 0.817. The molecule has 114 valence electrons. The molecule has 3 nitrogen and oxygen atoms in total. The van der Waals surface area contributed by atoms with Crippen LogP contribution >= 0.6 is 11.6 Å². The molecule has 3 rings (SSSR count). The predicted octanol–water partition coefficient (Wildman–Crippen LogP) is 4.23. The average Bonchev–Trinajstić information content (AvgIpc) is 3.29. The van der Waals surface area contributed by atoms with Crippen LogP contribution in [0.1, 0.15) is 61.0 Å². The fraction of sp³-hybridized carbons (Fsp3) is 0.647. The summed E-state index contributed by atoms with van der Waals surface area (Å²) >= 11 is 6.00. The second-order valence-corrected chi connectivity index (χ2v) is 6.90. The Bertz CT molecular complexity index is 501. The molecule has 21 heavy (non-hydrogen) atoms. The van der Waals surface area contributed by atoms with Crippen molar-refractivity contribution in [3.63, 3.8) is 0 Å². The van der Waals surface area contributed by atoms with E-state index in [1.54, 1.807) is 6.07 Å². The van der Waals surface area contributed by atoms with Crippen molar-refractivity contribution in [2.75, 3.05) is 6.54 Å². The van der Waals surface area contributed by atoms with Gasteiger partial charge in [0.25, 0.3) is 5.91 Å². The number of nitrogens with zero attached hydrogens (tertiary/aromatic N) is 2. The maximum atomic E-state index is 12.8. The van der Waals surface area contributed by atoms with Gasteiger partial charge in [0.2, 0.25) is 0 Å². The molecule has 0 atom stereocenters. The topological polar surface area (TPSA) is 33.2 Å². The van der Waals surface area contributed by atoms with E-state index < -0.39 is 0 Å². The second kappa shape index (κ2) is 6.35. The second-order valence-electron chi connectivity index (χ2n) is 6.51. The Balaban J connectivity index is 1.74. The highest BCUT2D eigenvalue weighted by Gasteiger charge is 2.34. The van der Waals surface area contributed by atoms with Crippen molar-refractivity contribution >= 4 is 17.5 Å². The molecule has 0 aromatic carbocycles. The SMILES string of the molecule is Cc1cc(C(=O)N(CC2CCCCC2)C2CC2)cc(Cl)n1. The van der Waals surface area contributed by atoms with Gasteiger partial charge in [0.05, 0.1) is 0 Å². The molecule has 0 bridgehead atoms. The molecule has 1 amide bonds.